The molecule has 0 saturated heterocycles. The van der Waals surface area contributed by atoms with Crippen LogP contribution in [0.4, 0.5) is 23.2 Å². The van der Waals surface area contributed by atoms with Crippen LogP contribution in [0.15, 0.2) is 42.5 Å². The van der Waals surface area contributed by atoms with E-state index in [2.05, 4.69) is 31.2 Å². The highest BCUT2D eigenvalue weighted by Gasteiger charge is 2.42. The molecule has 2 aromatic carbocycles. The quantitative estimate of drug-likeness (QED) is 0.454. The molecule has 0 fully saturated rings. The number of nitrogens with one attached hydrogen (secondary N) is 1. The molecule has 0 unspecified atom stereocenters. The van der Waals surface area contributed by atoms with Gasteiger partial charge in [0.05, 0.1) is 12.8 Å². The molecule has 1 N–H and O–H groups in total. The highest BCUT2D eigenvalue weighted by molar-refractivity contribution is 6.04. The second-order valence-electron chi connectivity index (χ2n) is 6.65. The van der Waals surface area contributed by atoms with Crippen LogP contribution in [0.5, 0.6) is 5.75 Å². The third kappa shape index (κ3) is 4.22. The summed E-state index contributed by atoms with van der Waals surface area (Å²) in [5.41, 5.74) is -1.99. The summed E-state index contributed by atoms with van der Waals surface area (Å²) in [5, 5.41) is 20.4. The number of carbonyl (C=O) groups is 1. The number of halogens is 4. The molecular formula is C19H14F4N8O2. The number of aromatic nitrogens is 7. The largest absolute Gasteiger partial charge is 0.494 e. The fourth-order valence-electron chi connectivity index (χ4n) is 3.03. The Morgan fingerprint density at radius 2 is 1.76 bits per heavy atom. The summed E-state index contributed by atoms with van der Waals surface area (Å²) in [7, 11) is 1.42. The van der Waals surface area contributed by atoms with Gasteiger partial charge in [-0.3, -0.25) is 4.79 Å². The van der Waals surface area contributed by atoms with Crippen LogP contribution < -0.4 is 10.1 Å². The van der Waals surface area contributed by atoms with E-state index in [0.29, 0.717) is 21.9 Å². The molecule has 4 aromatic rings. The van der Waals surface area contributed by atoms with Crippen LogP contribution in [0.1, 0.15) is 22.0 Å². The molecule has 33 heavy (non-hydrogen) atoms. The summed E-state index contributed by atoms with van der Waals surface area (Å²) in [4.78, 5) is 12.7. The highest BCUT2D eigenvalue weighted by Crippen LogP contribution is 2.33. The summed E-state index contributed by atoms with van der Waals surface area (Å²) in [6.45, 7) is 1.63. The van der Waals surface area contributed by atoms with Crippen molar-refractivity contribution in [2.75, 3.05) is 12.4 Å². The second-order valence-corrected chi connectivity index (χ2v) is 6.65. The van der Waals surface area contributed by atoms with Gasteiger partial charge in [0.1, 0.15) is 17.3 Å². The van der Waals surface area contributed by atoms with Crippen molar-refractivity contribution in [3.63, 3.8) is 0 Å². The Balaban J connectivity index is 1.71. The Bertz CT molecular complexity index is 1310. The van der Waals surface area contributed by atoms with Gasteiger partial charge in [-0.25, -0.2) is 9.07 Å². The number of alkyl halides is 3. The van der Waals surface area contributed by atoms with E-state index >= 15 is 0 Å². The number of nitrogens with zero attached hydrogens (tertiary/aromatic N) is 7. The lowest BCUT2D eigenvalue weighted by atomic mass is 10.2. The van der Waals surface area contributed by atoms with E-state index in [1.165, 1.54) is 30.0 Å². The Labute approximate surface area is 182 Å². The monoisotopic (exact) mass is 462 g/mol. The molecule has 170 valence electrons. The molecule has 1 amide bonds. The lowest BCUT2D eigenvalue weighted by molar-refractivity contribution is -0.143. The first-order chi connectivity index (χ1) is 15.7. The lowest BCUT2D eigenvalue weighted by Crippen LogP contribution is -2.21. The Morgan fingerprint density at radius 3 is 2.36 bits per heavy atom. The standard InChI is InChI=1S/C19H14F4N8O2/c1-10-25-27-29-30(10)14-9-12(5-8-15(14)33-2)24-18(32)16-17(19(21,22)23)31(28-26-16)13-6-3-11(20)4-7-13/h3-9H,1-2H3,(H,24,32). The molecule has 0 spiro atoms. The number of aryl methyl sites for hydroxylation is 1. The van der Waals surface area contributed by atoms with Crippen molar-refractivity contribution in [1.29, 1.82) is 0 Å². The number of carbonyl (C=O) groups excluding carboxylic acids is 1. The number of methoxy groups -OCH3 is 1. The van der Waals surface area contributed by atoms with E-state index in [1.54, 1.807) is 6.92 Å². The molecular weight excluding hydrogens is 448 g/mol. The van der Waals surface area contributed by atoms with Gasteiger partial charge < -0.3 is 10.1 Å². The number of rotatable bonds is 5. The molecule has 10 nitrogen and oxygen atoms in total. The number of ether oxygens (including phenoxy) is 1. The van der Waals surface area contributed by atoms with E-state index in [9.17, 15) is 22.4 Å². The Morgan fingerprint density at radius 1 is 1.03 bits per heavy atom. The number of hydrogen-bond acceptors (Lipinski definition) is 7. The predicted molar refractivity (Wildman–Crippen MR) is 105 cm³/mol. The lowest BCUT2D eigenvalue weighted by Gasteiger charge is -2.13. The molecule has 14 heteroatoms. The minimum absolute atomic E-state index is 0.115. The Hall–Kier alpha value is -4.36. The number of hydrogen-bond donors (Lipinski definition) is 1. The Kier molecular flexibility index (Phi) is 5.49. The summed E-state index contributed by atoms with van der Waals surface area (Å²) in [6.07, 6.45) is -4.97. The molecule has 4 rings (SSSR count). The van der Waals surface area contributed by atoms with Gasteiger partial charge in [-0.15, -0.1) is 10.2 Å². The van der Waals surface area contributed by atoms with Gasteiger partial charge in [-0.1, -0.05) is 5.21 Å². The van der Waals surface area contributed by atoms with Crippen molar-refractivity contribution in [3.05, 3.63) is 65.5 Å². The third-order valence-electron chi connectivity index (χ3n) is 4.52. The number of anilines is 1. The maximum atomic E-state index is 13.8. The van der Waals surface area contributed by atoms with Gasteiger partial charge in [0.25, 0.3) is 5.91 Å². The van der Waals surface area contributed by atoms with Crippen LogP contribution in [0.3, 0.4) is 0 Å². The molecule has 2 aromatic heterocycles. The third-order valence-corrected chi connectivity index (χ3v) is 4.52. The maximum Gasteiger partial charge on any atom is 0.435 e. The zero-order valence-corrected chi connectivity index (χ0v) is 17.0. The molecule has 0 bridgehead atoms. The molecule has 0 saturated carbocycles. The normalized spacial score (nSPS) is 11.5. The summed E-state index contributed by atoms with van der Waals surface area (Å²) < 4.78 is 61.6. The van der Waals surface area contributed by atoms with Crippen molar-refractivity contribution in [1.82, 2.24) is 35.2 Å². The second kappa shape index (κ2) is 8.29. The average molecular weight is 462 g/mol. The van der Waals surface area contributed by atoms with Gasteiger partial charge in [0.2, 0.25) is 0 Å². The molecule has 0 radical (unpaired) electrons. The number of benzene rings is 2. The topological polar surface area (TPSA) is 113 Å². The van der Waals surface area contributed by atoms with Crippen LogP contribution in [-0.4, -0.2) is 48.2 Å². The molecule has 0 aliphatic carbocycles. The van der Waals surface area contributed by atoms with Gasteiger partial charge in [0, 0.05) is 5.69 Å². The minimum atomic E-state index is -4.97. The van der Waals surface area contributed by atoms with E-state index in [0.717, 1.165) is 24.3 Å². The molecule has 0 aliphatic rings. The highest BCUT2D eigenvalue weighted by atomic mass is 19.4. The smallest absolute Gasteiger partial charge is 0.435 e. The van der Waals surface area contributed by atoms with E-state index in [1.807, 2.05) is 0 Å². The first-order valence-electron chi connectivity index (χ1n) is 9.22. The van der Waals surface area contributed by atoms with Crippen LogP contribution in [0.25, 0.3) is 11.4 Å². The maximum absolute atomic E-state index is 13.8. The van der Waals surface area contributed by atoms with Crippen molar-refractivity contribution in [2.45, 2.75) is 13.1 Å². The fourth-order valence-corrected chi connectivity index (χ4v) is 3.03. The van der Waals surface area contributed by atoms with Crippen LogP contribution in [0, 0.1) is 12.7 Å². The van der Waals surface area contributed by atoms with Crippen molar-refractivity contribution in [2.24, 2.45) is 0 Å². The van der Waals surface area contributed by atoms with Gasteiger partial charge in [-0.05, 0) is 59.8 Å². The van der Waals surface area contributed by atoms with Crippen LogP contribution >= 0.6 is 0 Å². The zero-order chi connectivity index (χ0) is 23.8. The van der Waals surface area contributed by atoms with Gasteiger partial charge >= 0.3 is 6.18 Å². The van der Waals surface area contributed by atoms with Crippen molar-refractivity contribution < 1.29 is 27.1 Å². The van der Waals surface area contributed by atoms with Crippen LogP contribution in [-0.2, 0) is 6.18 Å². The van der Waals surface area contributed by atoms with Crippen molar-refractivity contribution in [3.8, 4) is 17.1 Å². The molecule has 0 aliphatic heterocycles. The summed E-state index contributed by atoms with van der Waals surface area (Å²) >= 11 is 0. The number of amides is 1. The van der Waals surface area contributed by atoms with E-state index in [-0.39, 0.29) is 11.4 Å². The molecule has 2 heterocycles. The summed E-state index contributed by atoms with van der Waals surface area (Å²) in [5.74, 6) is -1.02. The van der Waals surface area contributed by atoms with E-state index < -0.39 is 29.3 Å². The first kappa shape index (κ1) is 21.9. The zero-order valence-electron chi connectivity index (χ0n) is 17.0. The average Bonchev–Trinajstić information content (AvgIpc) is 3.41. The first-order valence-corrected chi connectivity index (χ1v) is 9.22. The van der Waals surface area contributed by atoms with Gasteiger partial charge in [0.15, 0.2) is 17.2 Å². The van der Waals surface area contributed by atoms with Crippen molar-refractivity contribution >= 4 is 11.6 Å². The predicted octanol–water partition coefficient (Wildman–Crippen LogP) is 2.97. The van der Waals surface area contributed by atoms with Crippen LogP contribution in [0.2, 0.25) is 0 Å². The SMILES string of the molecule is COc1ccc(NC(=O)c2nnn(-c3ccc(F)cc3)c2C(F)(F)F)cc1-n1nnnc1C. The number of tetrazole rings is 1. The van der Waals surface area contributed by atoms with Gasteiger partial charge in [-0.2, -0.15) is 17.9 Å². The minimum Gasteiger partial charge on any atom is -0.494 e. The summed E-state index contributed by atoms with van der Waals surface area (Å²) in [6, 6.07) is 8.46. The van der Waals surface area contributed by atoms with E-state index in [4.69, 9.17) is 4.74 Å². The fraction of sp³-hybridized carbons (Fsp3) is 0.158. The molecule has 0 atom stereocenters.